The molecule has 2 atom stereocenters. The van der Waals surface area contributed by atoms with E-state index in [1.807, 2.05) is 6.08 Å². The zero-order chi connectivity index (χ0) is 23.8. The maximum Gasteiger partial charge on any atom is 0.0467 e. The first kappa shape index (κ1) is 24.8. The van der Waals surface area contributed by atoms with Crippen molar-refractivity contribution in [3.8, 4) is 0 Å². The maximum atomic E-state index is 3.97. The van der Waals surface area contributed by atoms with E-state index in [-0.39, 0.29) is 5.41 Å². The van der Waals surface area contributed by atoms with Crippen LogP contribution in [0.15, 0.2) is 79.4 Å². The molecule has 3 aromatic rings. The lowest BCUT2D eigenvalue weighted by Gasteiger charge is -2.31. The van der Waals surface area contributed by atoms with Crippen molar-refractivity contribution >= 4 is 23.1 Å². The Morgan fingerprint density at radius 3 is 2.06 bits per heavy atom. The van der Waals surface area contributed by atoms with Crippen LogP contribution in [0.4, 0.5) is 17.1 Å². The van der Waals surface area contributed by atoms with Crippen molar-refractivity contribution in [2.45, 2.75) is 78.1 Å². The molecule has 0 radical (unpaired) electrons. The van der Waals surface area contributed by atoms with Gasteiger partial charge in [-0.1, -0.05) is 96.5 Å². The summed E-state index contributed by atoms with van der Waals surface area (Å²) in [6.07, 6.45) is 7.98. The Morgan fingerprint density at radius 1 is 0.879 bits per heavy atom. The summed E-state index contributed by atoms with van der Waals surface area (Å²) >= 11 is 0. The first-order valence-electron chi connectivity index (χ1n) is 12.7. The van der Waals surface area contributed by atoms with Crippen LogP contribution < -0.4 is 4.90 Å². The van der Waals surface area contributed by atoms with Gasteiger partial charge in [0.1, 0.15) is 0 Å². The van der Waals surface area contributed by atoms with Crippen LogP contribution in [0.2, 0.25) is 0 Å². The Kier molecular flexibility index (Phi) is 8.55. The third-order valence-electron chi connectivity index (χ3n) is 7.38. The second-order valence-electron chi connectivity index (χ2n) is 9.60. The standard InChI is InChI=1S/C32H41N/c1-7-11-23-32(6,10-4)28-17-21-30(22-18-28)33(31-14-12-13-26(9-3)24-31)29-19-15-27(16-20-29)25(5)8-2/h9,12-22,24-25H,3,7-8,10-11,23H2,1-2,4-6H3. The lowest BCUT2D eigenvalue weighted by Crippen LogP contribution is -2.21. The second kappa shape index (κ2) is 11.4. The predicted octanol–water partition coefficient (Wildman–Crippen LogP) is 10.2. The molecule has 174 valence electrons. The minimum absolute atomic E-state index is 0.236. The molecule has 0 aliphatic rings. The molecular formula is C32H41N. The molecular weight excluding hydrogens is 398 g/mol. The Balaban J connectivity index is 2.03. The molecule has 0 N–H and O–H groups in total. The molecule has 0 heterocycles. The number of nitrogens with zero attached hydrogens (tertiary/aromatic N) is 1. The summed E-state index contributed by atoms with van der Waals surface area (Å²) < 4.78 is 0. The van der Waals surface area contributed by atoms with Gasteiger partial charge in [-0.2, -0.15) is 0 Å². The van der Waals surface area contributed by atoms with E-state index in [0.717, 1.165) is 24.1 Å². The van der Waals surface area contributed by atoms with Crippen LogP contribution in [0, 0.1) is 0 Å². The molecule has 0 spiro atoms. The van der Waals surface area contributed by atoms with Crippen LogP contribution in [0.1, 0.15) is 89.3 Å². The lowest BCUT2D eigenvalue weighted by molar-refractivity contribution is 0.403. The van der Waals surface area contributed by atoms with Crippen LogP contribution in [0.25, 0.3) is 6.08 Å². The molecule has 0 bridgehead atoms. The zero-order valence-electron chi connectivity index (χ0n) is 21.3. The molecule has 1 nitrogen and oxygen atoms in total. The van der Waals surface area contributed by atoms with Crippen LogP contribution in [-0.4, -0.2) is 0 Å². The van der Waals surface area contributed by atoms with Crippen molar-refractivity contribution < 1.29 is 0 Å². The Hall–Kier alpha value is -2.80. The fourth-order valence-electron chi connectivity index (χ4n) is 4.53. The largest absolute Gasteiger partial charge is 0.310 e. The fourth-order valence-corrected chi connectivity index (χ4v) is 4.53. The van der Waals surface area contributed by atoms with Gasteiger partial charge < -0.3 is 4.90 Å². The number of anilines is 3. The van der Waals surface area contributed by atoms with Gasteiger partial charge in [0.2, 0.25) is 0 Å². The van der Waals surface area contributed by atoms with E-state index in [2.05, 4.69) is 119 Å². The van der Waals surface area contributed by atoms with Crippen molar-refractivity contribution in [3.63, 3.8) is 0 Å². The van der Waals surface area contributed by atoms with Gasteiger partial charge in [-0.3, -0.25) is 0 Å². The molecule has 33 heavy (non-hydrogen) atoms. The third kappa shape index (κ3) is 5.77. The van der Waals surface area contributed by atoms with E-state index in [1.54, 1.807) is 0 Å². The Labute approximate surface area is 202 Å². The molecule has 3 rings (SSSR count). The summed E-state index contributed by atoms with van der Waals surface area (Å²) in [7, 11) is 0. The van der Waals surface area contributed by atoms with Crippen molar-refractivity contribution in [3.05, 3.63) is 96.1 Å². The van der Waals surface area contributed by atoms with Crippen LogP contribution in [0.5, 0.6) is 0 Å². The van der Waals surface area contributed by atoms with Gasteiger partial charge >= 0.3 is 0 Å². The van der Waals surface area contributed by atoms with Gasteiger partial charge in [0.05, 0.1) is 0 Å². The highest BCUT2D eigenvalue weighted by atomic mass is 15.1. The zero-order valence-corrected chi connectivity index (χ0v) is 21.3. The normalized spacial score (nSPS) is 13.8. The monoisotopic (exact) mass is 439 g/mol. The molecule has 0 aromatic heterocycles. The Morgan fingerprint density at radius 2 is 1.52 bits per heavy atom. The van der Waals surface area contributed by atoms with E-state index >= 15 is 0 Å². The Bertz CT molecular complexity index is 1020. The minimum atomic E-state index is 0.236. The molecule has 0 saturated heterocycles. The molecule has 1 heteroatoms. The first-order chi connectivity index (χ1) is 16.0. The molecule has 0 aliphatic carbocycles. The van der Waals surface area contributed by atoms with Crippen molar-refractivity contribution in [1.29, 1.82) is 0 Å². The summed E-state index contributed by atoms with van der Waals surface area (Å²) in [6.45, 7) is 15.5. The van der Waals surface area contributed by atoms with E-state index < -0.39 is 0 Å². The van der Waals surface area contributed by atoms with Crippen molar-refractivity contribution in [2.24, 2.45) is 0 Å². The van der Waals surface area contributed by atoms with Crippen LogP contribution >= 0.6 is 0 Å². The summed E-state index contributed by atoms with van der Waals surface area (Å²) in [4.78, 5) is 2.35. The maximum absolute atomic E-state index is 3.97. The van der Waals surface area contributed by atoms with E-state index in [4.69, 9.17) is 0 Å². The van der Waals surface area contributed by atoms with Gasteiger partial charge in [0, 0.05) is 17.1 Å². The molecule has 2 unspecified atom stereocenters. The summed E-state index contributed by atoms with van der Waals surface area (Å²) in [6, 6.07) is 26.9. The van der Waals surface area contributed by atoms with E-state index in [1.165, 1.54) is 41.8 Å². The van der Waals surface area contributed by atoms with Gasteiger partial charge in [-0.05, 0) is 83.7 Å². The quantitative estimate of drug-likeness (QED) is 0.287. The molecule has 0 amide bonds. The average molecular weight is 440 g/mol. The lowest BCUT2D eigenvalue weighted by atomic mass is 9.76. The smallest absolute Gasteiger partial charge is 0.0467 e. The van der Waals surface area contributed by atoms with Gasteiger partial charge in [-0.15, -0.1) is 0 Å². The number of rotatable bonds is 11. The summed E-state index contributed by atoms with van der Waals surface area (Å²) in [5, 5.41) is 0. The number of hydrogen-bond donors (Lipinski definition) is 0. The van der Waals surface area contributed by atoms with Gasteiger partial charge in [0.25, 0.3) is 0 Å². The van der Waals surface area contributed by atoms with E-state index in [9.17, 15) is 0 Å². The van der Waals surface area contributed by atoms with Gasteiger partial charge in [0.15, 0.2) is 0 Å². The number of hydrogen-bond acceptors (Lipinski definition) is 1. The number of benzene rings is 3. The van der Waals surface area contributed by atoms with Crippen molar-refractivity contribution in [1.82, 2.24) is 0 Å². The number of unbranched alkanes of at least 4 members (excludes halogenated alkanes) is 1. The molecule has 0 saturated carbocycles. The van der Waals surface area contributed by atoms with Crippen LogP contribution in [0.3, 0.4) is 0 Å². The highest BCUT2D eigenvalue weighted by molar-refractivity contribution is 5.78. The van der Waals surface area contributed by atoms with Gasteiger partial charge in [-0.25, -0.2) is 0 Å². The third-order valence-corrected chi connectivity index (χ3v) is 7.38. The average Bonchev–Trinajstić information content (AvgIpc) is 2.88. The topological polar surface area (TPSA) is 3.24 Å². The van der Waals surface area contributed by atoms with Crippen LogP contribution in [-0.2, 0) is 5.41 Å². The second-order valence-corrected chi connectivity index (χ2v) is 9.60. The first-order valence-corrected chi connectivity index (χ1v) is 12.7. The van der Waals surface area contributed by atoms with E-state index in [0.29, 0.717) is 5.92 Å². The fraction of sp³-hybridized carbons (Fsp3) is 0.375. The predicted molar refractivity (Wildman–Crippen MR) is 147 cm³/mol. The summed E-state index contributed by atoms with van der Waals surface area (Å²) in [5.41, 5.74) is 7.72. The summed E-state index contributed by atoms with van der Waals surface area (Å²) in [5.74, 6) is 0.575. The molecule has 0 aliphatic heterocycles. The minimum Gasteiger partial charge on any atom is -0.310 e. The van der Waals surface area contributed by atoms with Crippen molar-refractivity contribution in [2.75, 3.05) is 4.90 Å². The highest BCUT2D eigenvalue weighted by Gasteiger charge is 2.24. The molecule has 0 fully saturated rings. The highest BCUT2D eigenvalue weighted by Crippen LogP contribution is 2.38. The SMILES string of the molecule is C=Cc1cccc(N(c2ccc(C(C)CC)cc2)c2ccc(C(C)(CC)CCCC)cc2)c1. The molecule has 3 aromatic carbocycles.